The van der Waals surface area contributed by atoms with Crippen molar-refractivity contribution < 1.29 is 9.47 Å². The second kappa shape index (κ2) is 6.01. The fourth-order valence-electron chi connectivity index (χ4n) is 0.653. The maximum Gasteiger partial charge on any atom is 0.158 e. The monoisotopic (exact) mass is 163 g/mol. The first-order chi connectivity index (χ1) is 4.70. The Kier molecular flexibility index (Phi) is 6.17. The zero-order chi connectivity index (χ0) is 7.98. The fourth-order valence-corrected chi connectivity index (χ4v) is 0.777. The third-order valence-electron chi connectivity index (χ3n) is 1.03. The van der Waals surface area contributed by atoms with Gasteiger partial charge in [-0.05, 0) is 20.3 Å². The van der Waals surface area contributed by atoms with Gasteiger partial charge in [-0.3, -0.25) is 0 Å². The largest absolute Gasteiger partial charge is 0.353 e. The molecular formula is C7H15O2S. The van der Waals surface area contributed by atoms with E-state index in [0.29, 0.717) is 6.61 Å². The van der Waals surface area contributed by atoms with Crippen molar-refractivity contribution in [2.75, 3.05) is 6.61 Å². The summed E-state index contributed by atoms with van der Waals surface area (Å²) >= 11 is 4.83. The van der Waals surface area contributed by atoms with E-state index in [2.05, 4.69) is 0 Å². The van der Waals surface area contributed by atoms with E-state index in [-0.39, 0.29) is 11.7 Å². The van der Waals surface area contributed by atoms with Crippen molar-refractivity contribution in [2.24, 2.45) is 0 Å². The Morgan fingerprint density at radius 1 is 1.40 bits per heavy atom. The lowest BCUT2D eigenvalue weighted by molar-refractivity contribution is -0.144. The van der Waals surface area contributed by atoms with Crippen LogP contribution >= 0.6 is 12.6 Å². The predicted molar refractivity (Wildman–Crippen MR) is 43.8 cm³/mol. The third kappa shape index (κ3) is 5.09. The molecule has 0 heterocycles. The molecule has 0 spiro atoms. The molecule has 0 bridgehead atoms. The number of hydrogen-bond acceptors (Lipinski definition) is 2. The summed E-state index contributed by atoms with van der Waals surface area (Å²) in [5, 5.41) is 0. The standard InChI is InChI=1S/C7H15O2S/c1-4-7(8-5-2)9-6(3)10/h6-7H,4-5H2,1-3H3. The number of hydrogen-bond donors (Lipinski definition) is 0. The van der Waals surface area contributed by atoms with Gasteiger partial charge in [0.25, 0.3) is 0 Å². The van der Waals surface area contributed by atoms with E-state index < -0.39 is 0 Å². The first-order valence-electron chi connectivity index (χ1n) is 3.63. The predicted octanol–water partition coefficient (Wildman–Crippen LogP) is 2.32. The zero-order valence-electron chi connectivity index (χ0n) is 6.79. The average Bonchev–Trinajstić information content (AvgIpc) is 1.86. The molecule has 10 heavy (non-hydrogen) atoms. The Balaban J connectivity index is 3.39. The molecule has 3 heteroatoms. The van der Waals surface area contributed by atoms with Crippen molar-refractivity contribution >= 4 is 12.6 Å². The molecule has 2 atom stereocenters. The van der Waals surface area contributed by atoms with Crippen LogP contribution < -0.4 is 0 Å². The summed E-state index contributed by atoms with van der Waals surface area (Å²) in [5.41, 5.74) is -0.156. The highest BCUT2D eigenvalue weighted by molar-refractivity contribution is 7.80. The first-order valence-corrected chi connectivity index (χ1v) is 4.10. The Labute approximate surface area is 68.3 Å². The molecular weight excluding hydrogens is 148 g/mol. The summed E-state index contributed by atoms with van der Waals surface area (Å²) in [6.07, 6.45) is 0.743. The number of rotatable bonds is 5. The van der Waals surface area contributed by atoms with Crippen molar-refractivity contribution in [3.8, 4) is 0 Å². The minimum Gasteiger partial charge on any atom is -0.353 e. The van der Waals surface area contributed by atoms with E-state index in [1.54, 1.807) is 0 Å². The number of ether oxygens (including phenoxy) is 2. The van der Waals surface area contributed by atoms with Crippen LogP contribution in [0.15, 0.2) is 0 Å². The van der Waals surface area contributed by atoms with Crippen LogP contribution in [-0.4, -0.2) is 18.3 Å². The molecule has 2 nitrogen and oxygen atoms in total. The quantitative estimate of drug-likeness (QED) is 0.579. The van der Waals surface area contributed by atoms with E-state index in [9.17, 15) is 0 Å². The van der Waals surface area contributed by atoms with Crippen molar-refractivity contribution in [3.05, 3.63) is 0 Å². The van der Waals surface area contributed by atoms with Crippen LogP contribution in [0.2, 0.25) is 0 Å². The van der Waals surface area contributed by atoms with Gasteiger partial charge < -0.3 is 9.47 Å². The molecule has 2 unspecified atom stereocenters. The summed E-state index contributed by atoms with van der Waals surface area (Å²) in [6, 6.07) is 0. The Morgan fingerprint density at radius 2 is 2.00 bits per heavy atom. The van der Waals surface area contributed by atoms with Crippen molar-refractivity contribution in [1.82, 2.24) is 0 Å². The van der Waals surface area contributed by atoms with Gasteiger partial charge in [-0.2, -0.15) is 0 Å². The zero-order valence-corrected chi connectivity index (χ0v) is 7.61. The Bertz CT molecular complexity index is 76.0. The highest BCUT2D eigenvalue weighted by Gasteiger charge is 2.07. The minimum atomic E-state index is -0.156. The highest BCUT2D eigenvalue weighted by Crippen LogP contribution is 2.06. The van der Waals surface area contributed by atoms with Gasteiger partial charge >= 0.3 is 0 Å². The lowest BCUT2D eigenvalue weighted by Crippen LogP contribution is -2.19. The summed E-state index contributed by atoms with van der Waals surface area (Å²) < 4.78 is 10.4. The van der Waals surface area contributed by atoms with Gasteiger partial charge in [0.05, 0.1) is 0 Å². The molecule has 0 aliphatic rings. The third-order valence-corrected chi connectivity index (χ3v) is 1.14. The SMILES string of the molecule is CCOC(CC)OC(C)[S]. The molecule has 0 N–H and O–H groups in total. The molecule has 0 aromatic rings. The van der Waals surface area contributed by atoms with Crippen molar-refractivity contribution in [1.29, 1.82) is 0 Å². The van der Waals surface area contributed by atoms with Crippen molar-refractivity contribution in [3.63, 3.8) is 0 Å². The van der Waals surface area contributed by atoms with Crippen LogP contribution in [-0.2, 0) is 9.47 Å². The van der Waals surface area contributed by atoms with E-state index >= 15 is 0 Å². The lowest BCUT2D eigenvalue weighted by Gasteiger charge is -2.17. The van der Waals surface area contributed by atoms with Crippen LogP contribution in [0.25, 0.3) is 0 Å². The van der Waals surface area contributed by atoms with Crippen LogP contribution in [0.4, 0.5) is 0 Å². The smallest absolute Gasteiger partial charge is 0.158 e. The Morgan fingerprint density at radius 3 is 2.30 bits per heavy atom. The summed E-state index contributed by atoms with van der Waals surface area (Å²) in [7, 11) is 0. The maximum atomic E-state index is 5.23. The van der Waals surface area contributed by atoms with E-state index in [1.165, 1.54) is 0 Å². The van der Waals surface area contributed by atoms with Gasteiger partial charge in [-0.1, -0.05) is 19.6 Å². The second-order valence-corrected chi connectivity index (χ2v) is 2.66. The Hall–Kier alpha value is 0.270. The highest BCUT2D eigenvalue weighted by atomic mass is 32.1. The molecule has 1 radical (unpaired) electrons. The summed E-state index contributed by atoms with van der Waals surface area (Å²) in [6.45, 7) is 6.47. The molecule has 0 aliphatic carbocycles. The summed E-state index contributed by atoms with van der Waals surface area (Å²) in [5.74, 6) is 0. The van der Waals surface area contributed by atoms with Crippen LogP contribution in [0, 0.1) is 0 Å². The summed E-state index contributed by atoms with van der Waals surface area (Å²) in [4.78, 5) is 0. The lowest BCUT2D eigenvalue weighted by atomic mass is 10.5. The molecule has 0 amide bonds. The fraction of sp³-hybridized carbons (Fsp3) is 1.00. The topological polar surface area (TPSA) is 18.5 Å². The van der Waals surface area contributed by atoms with Crippen LogP contribution in [0.5, 0.6) is 0 Å². The minimum absolute atomic E-state index is 0.113. The van der Waals surface area contributed by atoms with Gasteiger partial charge in [-0.15, -0.1) is 0 Å². The maximum absolute atomic E-state index is 5.23. The van der Waals surface area contributed by atoms with Gasteiger partial charge in [-0.25, -0.2) is 0 Å². The molecule has 0 rings (SSSR count). The van der Waals surface area contributed by atoms with Gasteiger partial charge in [0, 0.05) is 6.61 Å². The van der Waals surface area contributed by atoms with E-state index in [0.717, 1.165) is 6.42 Å². The van der Waals surface area contributed by atoms with Gasteiger partial charge in [0.1, 0.15) is 5.44 Å². The van der Waals surface area contributed by atoms with E-state index in [4.69, 9.17) is 22.1 Å². The molecule has 0 aromatic heterocycles. The van der Waals surface area contributed by atoms with Crippen LogP contribution in [0.3, 0.4) is 0 Å². The average molecular weight is 163 g/mol. The van der Waals surface area contributed by atoms with Crippen molar-refractivity contribution in [2.45, 2.75) is 38.9 Å². The van der Waals surface area contributed by atoms with Gasteiger partial charge in [0.15, 0.2) is 6.29 Å². The first kappa shape index (κ1) is 10.3. The molecule has 0 aliphatic heterocycles. The molecule has 61 valence electrons. The molecule has 0 aromatic carbocycles. The molecule has 0 saturated heterocycles. The molecule has 0 saturated carbocycles. The molecule has 0 fully saturated rings. The van der Waals surface area contributed by atoms with Crippen LogP contribution in [0.1, 0.15) is 27.2 Å². The normalized spacial score (nSPS) is 16.8. The van der Waals surface area contributed by atoms with Gasteiger partial charge in [0.2, 0.25) is 0 Å². The van der Waals surface area contributed by atoms with E-state index in [1.807, 2.05) is 20.8 Å². The second-order valence-electron chi connectivity index (χ2n) is 2.00.